The largest absolute Gasteiger partial charge is 0.469 e. The highest BCUT2D eigenvalue weighted by Gasteiger charge is 2.26. The van der Waals surface area contributed by atoms with Crippen LogP contribution < -0.4 is 10.6 Å². The molecule has 29 heavy (non-hydrogen) atoms. The van der Waals surface area contributed by atoms with Gasteiger partial charge in [-0.2, -0.15) is 0 Å². The molecule has 0 aromatic heterocycles. The molecule has 1 heterocycles. The highest BCUT2D eigenvalue weighted by atomic mass is 16.5. The van der Waals surface area contributed by atoms with Crippen LogP contribution in [0.2, 0.25) is 0 Å². The van der Waals surface area contributed by atoms with E-state index in [1.54, 1.807) is 6.20 Å². The average Bonchev–Trinajstić information content (AvgIpc) is 3.22. The fourth-order valence-corrected chi connectivity index (χ4v) is 2.93. The van der Waals surface area contributed by atoms with Crippen molar-refractivity contribution in [1.29, 1.82) is 0 Å². The number of rotatable bonds is 8. The number of alkyl carbamates (subject to hydrolysis) is 1. The lowest BCUT2D eigenvalue weighted by Gasteiger charge is -2.21. The number of esters is 1. The molecule has 0 fully saturated rings. The Hall–Kier alpha value is -3.48. The summed E-state index contributed by atoms with van der Waals surface area (Å²) in [6, 6.07) is 18.5. The summed E-state index contributed by atoms with van der Waals surface area (Å²) in [6.07, 6.45) is 1.18. The summed E-state index contributed by atoms with van der Waals surface area (Å²) in [5, 5.41) is 5.86. The van der Waals surface area contributed by atoms with E-state index in [0.29, 0.717) is 12.2 Å². The van der Waals surface area contributed by atoms with Crippen LogP contribution in [0.5, 0.6) is 0 Å². The molecule has 3 rings (SSSR count). The van der Waals surface area contributed by atoms with Gasteiger partial charge in [0.1, 0.15) is 12.4 Å². The molecule has 152 valence electrons. The van der Waals surface area contributed by atoms with Gasteiger partial charge in [0.15, 0.2) is 6.23 Å². The van der Waals surface area contributed by atoms with Crippen molar-refractivity contribution in [2.45, 2.75) is 31.7 Å². The highest BCUT2D eigenvalue weighted by Crippen LogP contribution is 2.23. The number of hydrogen-bond donors (Lipinski definition) is 2. The number of ether oxygens (including phenoxy) is 3. The van der Waals surface area contributed by atoms with E-state index >= 15 is 0 Å². The Labute approximate surface area is 169 Å². The Balaban J connectivity index is 1.53. The summed E-state index contributed by atoms with van der Waals surface area (Å²) < 4.78 is 15.9. The lowest BCUT2D eigenvalue weighted by atomic mass is 10.1. The van der Waals surface area contributed by atoms with Crippen molar-refractivity contribution in [3.8, 4) is 0 Å². The Morgan fingerprint density at radius 1 is 1.10 bits per heavy atom. The van der Waals surface area contributed by atoms with Crippen LogP contribution in [-0.2, 0) is 25.6 Å². The average molecular weight is 396 g/mol. The van der Waals surface area contributed by atoms with Crippen LogP contribution in [-0.4, -0.2) is 31.4 Å². The minimum atomic E-state index is -0.600. The Morgan fingerprint density at radius 2 is 1.79 bits per heavy atom. The van der Waals surface area contributed by atoms with E-state index in [-0.39, 0.29) is 19.3 Å². The molecule has 7 heteroatoms. The van der Waals surface area contributed by atoms with Crippen LogP contribution >= 0.6 is 0 Å². The summed E-state index contributed by atoms with van der Waals surface area (Å²) in [7, 11) is 1.31. The van der Waals surface area contributed by atoms with Crippen molar-refractivity contribution in [2.24, 2.45) is 0 Å². The van der Waals surface area contributed by atoms with E-state index in [0.717, 1.165) is 11.1 Å². The fourth-order valence-electron chi connectivity index (χ4n) is 2.93. The van der Waals surface area contributed by atoms with E-state index in [2.05, 4.69) is 10.6 Å². The molecule has 1 unspecified atom stereocenters. The van der Waals surface area contributed by atoms with Crippen LogP contribution in [0.4, 0.5) is 4.79 Å². The standard InChI is InChI=1S/C22H24N2O5/c1-27-21(25)13-18(24-22(26)28-15-16-8-4-2-5-9-16)12-20-23-14-19(29-20)17-10-6-3-7-11-17/h2-11,14,18,20,23H,12-13,15H2,1H3,(H,24,26)/t18-,20?/m0/s1. The van der Waals surface area contributed by atoms with Crippen LogP contribution in [0.25, 0.3) is 5.76 Å². The highest BCUT2D eigenvalue weighted by molar-refractivity contribution is 5.72. The maximum Gasteiger partial charge on any atom is 0.407 e. The third-order valence-corrected chi connectivity index (χ3v) is 4.40. The van der Waals surface area contributed by atoms with E-state index in [1.807, 2.05) is 60.7 Å². The van der Waals surface area contributed by atoms with Crippen molar-refractivity contribution in [3.63, 3.8) is 0 Å². The van der Waals surface area contributed by atoms with Gasteiger partial charge in [-0.05, 0) is 5.56 Å². The molecule has 0 aliphatic carbocycles. The number of benzene rings is 2. The third-order valence-electron chi connectivity index (χ3n) is 4.40. The predicted molar refractivity (Wildman–Crippen MR) is 107 cm³/mol. The van der Waals surface area contributed by atoms with Gasteiger partial charge in [-0.3, -0.25) is 4.79 Å². The smallest absolute Gasteiger partial charge is 0.407 e. The summed E-state index contributed by atoms with van der Waals surface area (Å²) in [5.41, 5.74) is 1.83. The van der Waals surface area contributed by atoms with Crippen LogP contribution in [0.3, 0.4) is 0 Å². The molecule has 2 aromatic rings. The van der Waals surface area contributed by atoms with Gasteiger partial charge in [-0.1, -0.05) is 60.7 Å². The molecule has 0 radical (unpaired) electrons. The van der Waals surface area contributed by atoms with E-state index in [4.69, 9.17) is 14.2 Å². The molecular formula is C22H24N2O5. The zero-order valence-electron chi connectivity index (χ0n) is 16.2. The van der Waals surface area contributed by atoms with Crippen LogP contribution in [0, 0.1) is 0 Å². The minimum absolute atomic E-state index is 0.0130. The molecule has 2 N–H and O–H groups in total. The van der Waals surface area contributed by atoms with Crippen molar-refractivity contribution in [1.82, 2.24) is 10.6 Å². The normalized spacial score (nSPS) is 16.0. The number of hydrogen-bond acceptors (Lipinski definition) is 6. The second-order valence-corrected chi connectivity index (χ2v) is 6.57. The van der Waals surface area contributed by atoms with Crippen molar-refractivity contribution in [2.75, 3.05) is 7.11 Å². The Morgan fingerprint density at radius 3 is 2.48 bits per heavy atom. The number of carbonyl (C=O) groups is 2. The van der Waals surface area contributed by atoms with Gasteiger partial charge in [-0.15, -0.1) is 0 Å². The molecule has 2 aromatic carbocycles. The lowest BCUT2D eigenvalue weighted by Crippen LogP contribution is -2.41. The minimum Gasteiger partial charge on any atom is -0.469 e. The molecular weight excluding hydrogens is 372 g/mol. The van der Waals surface area contributed by atoms with Gasteiger partial charge >= 0.3 is 12.1 Å². The SMILES string of the molecule is COC(=O)C[C@H](CC1NC=C(c2ccccc2)O1)NC(=O)OCc1ccccc1. The summed E-state index contributed by atoms with van der Waals surface area (Å²) in [4.78, 5) is 24.0. The quantitative estimate of drug-likeness (QED) is 0.667. The first-order chi connectivity index (χ1) is 14.1. The number of methoxy groups -OCH3 is 1. The molecule has 2 atom stereocenters. The number of nitrogens with one attached hydrogen (secondary N) is 2. The Bertz CT molecular complexity index is 839. The lowest BCUT2D eigenvalue weighted by molar-refractivity contribution is -0.141. The topological polar surface area (TPSA) is 85.9 Å². The second kappa shape index (κ2) is 10.2. The van der Waals surface area contributed by atoms with Gasteiger partial charge in [-0.25, -0.2) is 4.79 Å². The monoisotopic (exact) mass is 396 g/mol. The number of amides is 1. The molecule has 1 aliphatic heterocycles. The zero-order valence-corrected chi connectivity index (χ0v) is 16.2. The van der Waals surface area contributed by atoms with Crippen LogP contribution in [0.1, 0.15) is 24.0 Å². The van der Waals surface area contributed by atoms with Gasteiger partial charge < -0.3 is 24.8 Å². The molecule has 1 amide bonds. The summed E-state index contributed by atoms with van der Waals surface area (Å²) in [6.45, 7) is 0.148. The molecule has 0 saturated carbocycles. The van der Waals surface area contributed by atoms with Crippen molar-refractivity contribution in [3.05, 3.63) is 78.0 Å². The molecule has 0 spiro atoms. The van der Waals surface area contributed by atoms with E-state index < -0.39 is 18.1 Å². The first-order valence-corrected chi connectivity index (χ1v) is 9.36. The maximum atomic E-state index is 12.2. The molecule has 0 saturated heterocycles. The third kappa shape index (κ3) is 6.27. The Kier molecular flexibility index (Phi) is 7.10. The van der Waals surface area contributed by atoms with Crippen LogP contribution in [0.15, 0.2) is 66.9 Å². The van der Waals surface area contributed by atoms with E-state index in [1.165, 1.54) is 7.11 Å². The first kappa shape index (κ1) is 20.3. The summed E-state index contributed by atoms with van der Waals surface area (Å²) >= 11 is 0. The van der Waals surface area contributed by atoms with Crippen molar-refractivity contribution >= 4 is 17.8 Å². The van der Waals surface area contributed by atoms with Gasteiger partial charge in [0.05, 0.1) is 13.5 Å². The van der Waals surface area contributed by atoms with Crippen molar-refractivity contribution < 1.29 is 23.8 Å². The van der Waals surface area contributed by atoms with E-state index in [9.17, 15) is 9.59 Å². The zero-order chi connectivity index (χ0) is 20.5. The summed E-state index contributed by atoms with van der Waals surface area (Å²) in [5.74, 6) is 0.284. The fraction of sp³-hybridized carbons (Fsp3) is 0.273. The molecule has 1 aliphatic rings. The molecule has 7 nitrogen and oxygen atoms in total. The predicted octanol–water partition coefficient (Wildman–Crippen LogP) is 3.18. The van der Waals surface area contributed by atoms with Gasteiger partial charge in [0, 0.05) is 24.2 Å². The number of carbonyl (C=O) groups excluding carboxylic acids is 2. The molecule has 0 bridgehead atoms. The first-order valence-electron chi connectivity index (χ1n) is 9.36. The van der Waals surface area contributed by atoms with Gasteiger partial charge in [0.25, 0.3) is 0 Å². The maximum absolute atomic E-state index is 12.2. The second-order valence-electron chi connectivity index (χ2n) is 6.57. The van der Waals surface area contributed by atoms with Gasteiger partial charge in [0.2, 0.25) is 0 Å².